The first-order chi connectivity index (χ1) is 8.60. The Labute approximate surface area is 114 Å². The van der Waals surface area contributed by atoms with Gasteiger partial charge in [0.15, 0.2) is 0 Å². The fourth-order valence-corrected chi connectivity index (χ4v) is 1.75. The Bertz CT molecular complexity index is 544. The van der Waals surface area contributed by atoms with Crippen LogP contribution in [-0.4, -0.2) is 17.2 Å². The van der Waals surface area contributed by atoms with Crippen LogP contribution >= 0.6 is 23.2 Å². The van der Waals surface area contributed by atoms with Gasteiger partial charge in [-0.15, -0.1) is 5.10 Å². The summed E-state index contributed by atoms with van der Waals surface area (Å²) in [6.45, 7) is 1.92. The lowest BCUT2D eigenvalue weighted by atomic mass is 10.3. The molecule has 1 aromatic heterocycles. The van der Waals surface area contributed by atoms with Gasteiger partial charge in [0.05, 0.1) is 16.8 Å². The molecule has 2 N–H and O–H groups in total. The molecule has 7 heteroatoms. The van der Waals surface area contributed by atoms with E-state index in [1.54, 1.807) is 18.2 Å². The standard InChI is InChI=1S/C11H12Cl2N4O/c1-6(14-2)10-16-17-11(18-10)15-9-4-3-7(12)5-8(9)13/h3-6,14H,1-2H3,(H,15,17). The van der Waals surface area contributed by atoms with E-state index in [4.69, 9.17) is 27.6 Å². The topological polar surface area (TPSA) is 63.0 Å². The molecule has 1 atom stereocenters. The maximum Gasteiger partial charge on any atom is 0.320 e. The number of rotatable bonds is 4. The third-order valence-electron chi connectivity index (χ3n) is 2.42. The van der Waals surface area contributed by atoms with E-state index in [-0.39, 0.29) is 12.1 Å². The van der Waals surface area contributed by atoms with Crippen LogP contribution in [0.3, 0.4) is 0 Å². The minimum absolute atomic E-state index is 0.00580. The van der Waals surface area contributed by atoms with Gasteiger partial charge in [-0.05, 0) is 32.2 Å². The molecule has 0 aliphatic rings. The fraction of sp³-hybridized carbons (Fsp3) is 0.273. The van der Waals surface area contributed by atoms with Gasteiger partial charge in [-0.25, -0.2) is 0 Å². The van der Waals surface area contributed by atoms with Crippen LogP contribution in [0.2, 0.25) is 10.0 Å². The van der Waals surface area contributed by atoms with Gasteiger partial charge in [0, 0.05) is 5.02 Å². The molecule has 1 heterocycles. The smallest absolute Gasteiger partial charge is 0.320 e. The van der Waals surface area contributed by atoms with E-state index in [9.17, 15) is 0 Å². The average Bonchev–Trinajstić information content (AvgIpc) is 2.80. The molecule has 0 spiro atoms. The van der Waals surface area contributed by atoms with Gasteiger partial charge >= 0.3 is 6.01 Å². The van der Waals surface area contributed by atoms with Crippen molar-refractivity contribution in [2.45, 2.75) is 13.0 Å². The molecule has 0 radical (unpaired) electrons. The normalized spacial score (nSPS) is 12.4. The number of hydrogen-bond donors (Lipinski definition) is 2. The molecule has 0 saturated heterocycles. The second-order valence-corrected chi connectivity index (χ2v) is 4.55. The Hall–Kier alpha value is -1.30. The summed E-state index contributed by atoms with van der Waals surface area (Å²) in [5, 5.41) is 14.8. The Morgan fingerprint density at radius 2 is 2.06 bits per heavy atom. The van der Waals surface area contributed by atoms with E-state index in [2.05, 4.69) is 20.8 Å². The zero-order chi connectivity index (χ0) is 13.1. The summed E-state index contributed by atoms with van der Waals surface area (Å²) in [7, 11) is 1.82. The van der Waals surface area contributed by atoms with Crippen molar-refractivity contribution in [3.05, 3.63) is 34.1 Å². The van der Waals surface area contributed by atoms with Gasteiger partial charge in [-0.3, -0.25) is 0 Å². The molecule has 18 heavy (non-hydrogen) atoms. The first kappa shape index (κ1) is 13.1. The van der Waals surface area contributed by atoms with Crippen molar-refractivity contribution < 1.29 is 4.42 Å². The van der Waals surface area contributed by atoms with E-state index in [0.717, 1.165) is 0 Å². The quantitative estimate of drug-likeness (QED) is 0.902. The third-order valence-corrected chi connectivity index (χ3v) is 2.96. The van der Waals surface area contributed by atoms with Crippen LogP contribution in [0.15, 0.2) is 22.6 Å². The number of halogens is 2. The molecule has 2 aromatic rings. The van der Waals surface area contributed by atoms with Crippen LogP contribution in [0.4, 0.5) is 11.7 Å². The van der Waals surface area contributed by atoms with Crippen LogP contribution in [0.5, 0.6) is 0 Å². The van der Waals surface area contributed by atoms with Crippen molar-refractivity contribution in [2.24, 2.45) is 0 Å². The van der Waals surface area contributed by atoms with Crippen LogP contribution in [-0.2, 0) is 0 Å². The van der Waals surface area contributed by atoms with Crippen LogP contribution in [0.1, 0.15) is 18.9 Å². The zero-order valence-corrected chi connectivity index (χ0v) is 11.4. The lowest BCUT2D eigenvalue weighted by Gasteiger charge is -2.05. The van der Waals surface area contributed by atoms with Gasteiger partial charge in [-0.1, -0.05) is 28.3 Å². The first-order valence-electron chi connectivity index (χ1n) is 5.33. The zero-order valence-electron chi connectivity index (χ0n) is 9.87. The molecule has 96 valence electrons. The van der Waals surface area contributed by atoms with Gasteiger partial charge in [0.1, 0.15) is 0 Å². The maximum absolute atomic E-state index is 6.03. The average molecular weight is 287 g/mol. The molecular formula is C11H12Cl2N4O. The van der Waals surface area contributed by atoms with Crippen molar-refractivity contribution in [3.8, 4) is 0 Å². The van der Waals surface area contributed by atoms with E-state index < -0.39 is 0 Å². The predicted octanol–water partition coefficient (Wildman–Crippen LogP) is 3.40. The van der Waals surface area contributed by atoms with E-state index in [1.807, 2.05) is 14.0 Å². The summed E-state index contributed by atoms with van der Waals surface area (Å²) in [5.74, 6) is 0.505. The van der Waals surface area contributed by atoms with Gasteiger partial charge in [-0.2, -0.15) is 0 Å². The Kier molecular flexibility index (Phi) is 4.06. The lowest BCUT2D eigenvalue weighted by Crippen LogP contribution is -2.12. The number of nitrogens with one attached hydrogen (secondary N) is 2. The third kappa shape index (κ3) is 2.93. The Morgan fingerprint density at radius 1 is 1.28 bits per heavy atom. The summed E-state index contributed by atoms with van der Waals surface area (Å²) in [6, 6.07) is 5.39. The summed E-state index contributed by atoms with van der Waals surface area (Å²) < 4.78 is 5.44. The number of aromatic nitrogens is 2. The monoisotopic (exact) mass is 286 g/mol. The molecule has 0 fully saturated rings. The highest BCUT2D eigenvalue weighted by Gasteiger charge is 2.12. The summed E-state index contributed by atoms with van der Waals surface area (Å²) in [6.07, 6.45) is 0. The van der Waals surface area contributed by atoms with E-state index >= 15 is 0 Å². The summed E-state index contributed by atoms with van der Waals surface area (Å²) >= 11 is 11.8. The molecular weight excluding hydrogens is 275 g/mol. The van der Waals surface area contributed by atoms with Crippen molar-refractivity contribution in [1.29, 1.82) is 0 Å². The number of hydrogen-bond acceptors (Lipinski definition) is 5. The molecule has 2 rings (SSSR count). The van der Waals surface area contributed by atoms with E-state index in [1.165, 1.54) is 0 Å². The number of nitrogens with zero attached hydrogens (tertiary/aromatic N) is 2. The largest absolute Gasteiger partial charge is 0.406 e. The molecule has 0 aliphatic heterocycles. The van der Waals surface area contributed by atoms with Crippen molar-refractivity contribution >= 4 is 34.9 Å². The minimum Gasteiger partial charge on any atom is -0.406 e. The van der Waals surface area contributed by atoms with Crippen LogP contribution in [0.25, 0.3) is 0 Å². The second-order valence-electron chi connectivity index (χ2n) is 3.70. The SMILES string of the molecule is CNC(C)c1nnc(Nc2ccc(Cl)cc2Cl)o1. The van der Waals surface area contributed by atoms with Gasteiger partial charge < -0.3 is 15.1 Å². The number of benzene rings is 1. The van der Waals surface area contributed by atoms with Gasteiger partial charge in [0.2, 0.25) is 5.89 Å². The molecule has 0 aliphatic carbocycles. The fourth-order valence-electron chi connectivity index (χ4n) is 1.29. The Morgan fingerprint density at radius 3 is 2.72 bits per heavy atom. The van der Waals surface area contributed by atoms with Crippen molar-refractivity contribution in [2.75, 3.05) is 12.4 Å². The highest BCUT2D eigenvalue weighted by atomic mass is 35.5. The molecule has 1 unspecified atom stereocenters. The second kappa shape index (κ2) is 5.56. The predicted molar refractivity (Wildman–Crippen MR) is 71.5 cm³/mol. The molecule has 5 nitrogen and oxygen atoms in total. The molecule has 0 saturated carbocycles. The highest BCUT2D eigenvalue weighted by Crippen LogP contribution is 2.28. The van der Waals surface area contributed by atoms with E-state index in [0.29, 0.717) is 21.6 Å². The molecule has 0 amide bonds. The summed E-state index contributed by atoms with van der Waals surface area (Å²) in [5.41, 5.74) is 0.661. The van der Waals surface area contributed by atoms with Gasteiger partial charge in [0.25, 0.3) is 0 Å². The van der Waals surface area contributed by atoms with Crippen LogP contribution < -0.4 is 10.6 Å². The minimum atomic E-state index is -0.00580. The Balaban J connectivity index is 2.16. The number of anilines is 2. The van der Waals surface area contributed by atoms with Crippen molar-refractivity contribution in [3.63, 3.8) is 0 Å². The lowest BCUT2D eigenvalue weighted by molar-refractivity contribution is 0.443. The molecule has 0 bridgehead atoms. The maximum atomic E-state index is 6.03. The van der Waals surface area contributed by atoms with Crippen molar-refractivity contribution in [1.82, 2.24) is 15.5 Å². The molecule has 1 aromatic carbocycles. The highest BCUT2D eigenvalue weighted by molar-refractivity contribution is 6.36. The first-order valence-corrected chi connectivity index (χ1v) is 6.08. The summed E-state index contributed by atoms with van der Waals surface area (Å²) in [4.78, 5) is 0. The van der Waals surface area contributed by atoms with Crippen LogP contribution in [0, 0.1) is 0 Å².